The maximum absolute atomic E-state index is 4.34. The van der Waals surface area contributed by atoms with E-state index < -0.39 is 0 Å². The first kappa shape index (κ1) is 16.5. The fraction of sp³-hybridized carbons (Fsp3) is 0.933. The van der Waals surface area contributed by atoms with E-state index in [1.165, 1.54) is 64.2 Å². The molecule has 0 radical (unpaired) electrons. The van der Waals surface area contributed by atoms with Crippen molar-refractivity contribution in [1.82, 2.24) is 4.90 Å². The molecule has 0 unspecified atom stereocenters. The number of aliphatic imine (C=N–C) groups is 1. The second-order valence-electron chi connectivity index (χ2n) is 5.17. The second kappa shape index (κ2) is 13.5. The van der Waals surface area contributed by atoms with Crippen molar-refractivity contribution in [1.29, 1.82) is 0 Å². The van der Waals surface area contributed by atoms with Crippen LogP contribution in [0.4, 0.5) is 0 Å². The van der Waals surface area contributed by atoms with Crippen LogP contribution in [0.3, 0.4) is 0 Å². The lowest BCUT2D eigenvalue weighted by atomic mass is 10.1. The summed E-state index contributed by atoms with van der Waals surface area (Å²) in [5.41, 5.74) is 0. The molecule has 0 fully saturated rings. The molecule has 0 atom stereocenters. The average Bonchev–Trinajstić information content (AvgIpc) is 2.30. The lowest BCUT2D eigenvalue weighted by Crippen LogP contribution is -2.07. The monoisotopic (exact) mass is 240 g/mol. The molecule has 0 aliphatic carbocycles. The van der Waals surface area contributed by atoms with Gasteiger partial charge in [-0.25, -0.2) is 0 Å². The summed E-state index contributed by atoms with van der Waals surface area (Å²) in [6.45, 7) is 3.27. The van der Waals surface area contributed by atoms with Gasteiger partial charge in [-0.15, -0.1) is 0 Å². The highest BCUT2D eigenvalue weighted by Crippen LogP contribution is 2.10. The molecule has 0 saturated heterocycles. The van der Waals surface area contributed by atoms with E-state index in [-0.39, 0.29) is 0 Å². The molecule has 0 heterocycles. The van der Waals surface area contributed by atoms with Gasteiger partial charge in [0.1, 0.15) is 0 Å². The Kier molecular flexibility index (Phi) is 13.1. The van der Waals surface area contributed by atoms with Crippen LogP contribution >= 0.6 is 0 Å². The van der Waals surface area contributed by atoms with Gasteiger partial charge in [0.05, 0.1) is 6.34 Å². The van der Waals surface area contributed by atoms with Crippen LogP contribution in [-0.2, 0) is 0 Å². The van der Waals surface area contributed by atoms with Crippen molar-refractivity contribution >= 4 is 6.34 Å². The van der Waals surface area contributed by atoms with E-state index in [0.29, 0.717) is 0 Å². The molecular formula is C15H32N2. The Morgan fingerprint density at radius 3 is 1.71 bits per heavy atom. The maximum atomic E-state index is 4.34. The molecule has 0 spiro atoms. The summed E-state index contributed by atoms with van der Waals surface area (Å²) in [5, 5.41) is 0. The molecule has 0 aliphatic rings. The number of hydrogen-bond donors (Lipinski definition) is 0. The normalized spacial score (nSPS) is 11.2. The van der Waals surface area contributed by atoms with E-state index in [2.05, 4.69) is 11.9 Å². The smallest absolute Gasteiger partial charge is 0.0844 e. The van der Waals surface area contributed by atoms with Crippen molar-refractivity contribution in [3.05, 3.63) is 0 Å². The summed E-state index contributed by atoms with van der Waals surface area (Å²) in [5.74, 6) is 0. The molecule has 0 aromatic carbocycles. The minimum Gasteiger partial charge on any atom is -0.369 e. The summed E-state index contributed by atoms with van der Waals surface area (Å²) in [6, 6.07) is 0. The molecule has 2 nitrogen and oxygen atoms in total. The van der Waals surface area contributed by atoms with E-state index in [0.717, 1.165) is 6.54 Å². The lowest BCUT2D eigenvalue weighted by molar-refractivity contribution is 0.557. The van der Waals surface area contributed by atoms with Crippen LogP contribution in [0.5, 0.6) is 0 Å². The first-order valence-corrected chi connectivity index (χ1v) is 7.43. The van der Waals surface area contributed by atoms with Crippen LogP contribution in [0.1, 0.15) is 71.1 Å². The number of hydrogen-bond acceptors (Lipinski definition) is 1. The zero-order valence-electron chi connectivity index (χ0n) is 12.2. The molecule has 102 valence electrons. The fourth-order valence-corrected chi connectivity index (χ4v) is 1.91. The summed E-state index contributed by atoms with van der Waals surface area (Å²) >= 11 is 0. The minimum absolute atomic E-state index is 0.995. The molecule has 17 heavy (non-hydrogen) atoms. The van der Waals surface area contributed by atoms with Crippen molar-refractivity contribution in [2.24, 2.45) is 4.99 Å². The van der Waals surface area contributed by atoms with Gasteiger partial charge in [-0.05, 0) is 6.42 Å². The standard InChI is InChI=1S/C15H32N2/c1-4-5-6-7-8-9-10-11-12-13-14-16-15-17(2)3/h15H,4-14H2,1-3H3/b16-15-. The van der Waals surface area contributed by atoms with Gasteiger partial charge in [0.25, 0.3) is 0 Å². The van der Waals surface area contributed by atoms with Crippen molar-refractivity contribution < 1.29 is 0 Å². The highest BCUT2D eigenvalue weighted by Gasteiger charge is 1.91. The molecule has 0 aromatic heterocycles. The van der Waals surface area contributed by atoms with E-state index in [1.54, 1.807) is 0 Å². The van der Waals surface area contributed by atoms with E-state index >= 15 is 0 Å². The topological polar surface area (TPSA) is 15.6 Å². The molecular weight excluding hydrogens is 208 g/mol. The quantitative estimate of drug-likeness (QED) is 0.279. The summed E-state index contributed by atoms with van der Waals surface area (Å²) < 4.78 is 0. The van der Waals surface area contributed by atoms with Crippen molar-refractivity contribution in [2.75, 3.05) is 20.6 Å². The van der Waals surface area contributed by atoms with Crippen LogP contribution in [-0.4, -0.2) is 31.9 Å². The summed E-state index contributed by atoms with van der Waals surface area (Å²) in [4.78, 5) is 6.34. The Morgan fingerprint density at radius 2 is 1.24 bits per heavy atom. The highest BCUT2D eigenvalue weighted by molar-refractivity contribution is 5.53. The Labute approximate surface area is 109 Å². The largest absolute Gasteiger partial charge is 0.369 e. The minimum atomic E-state index is 0.995. The highest BCUT2D eigenvalue weighted by atomic mass is 15.1. The summed E-state index contributed by atoms with van der Waals surface area (Å²) in [7, 11) is 4.03. The van der Waals surface area contributed by atoms with Gasteiger partial charge >= 0.3 is 0 Å². The average molecular weight is 240 g/mol. The molecule has 0 aliphatic heterocycles. The Bertz CT molecular complexity index is 164. The maximum Gasteiger partial charge on any atom is 0.0844 e. The predicted molar refractivity (Wildman–Crippen MR) is 78.9 cm³/mol. The van der Waals surface area contributed by atoms with Crippen LogP contribution in [0.25, 0.3) is 0 Å². The Morgan fingerprint density at radius 1 is 0.765 bits per heavy atom. The molecule has 0 amide bonds. The zero-order chi connectivity index (χ0) is 12.8. The third kappa shape index (κ3) is 15.5. The Hall–Kier alpha value is -0.530. The Balaban J connectivity index is 2.99. The van der Waals surface area contributed by atoms with Crippen LogP contribution in [0.2, 0.25) is 0 Å². The number of rotatable bonds is 12. The van der Waals surface area contributed by atoms with Gasteiger partial charge in [-0.3, -0.25) is 4.99 Å². The van der Waals surface area contributed by atoms with Crippen molar-refractivity contribution in [3.8, 4) is 0 Å². The van der Waals surface area contributed by atoms with E-state index in [9.17, 15) is 0 Å². The molecule has 0 rings (SSSR count). The van der Waals surface area contributed by atoms with E-state index in [1.807, 2.05) is 25.3 Å². The zero-order valence-corrected chi connectivity index (χ0v) is 12.2. The van der Waals surface area contributed by atoms with Crippen LogP contribution in [0.15, 0.2) is 4.99 Å². The molecule has 0 N–H and O–H groups in total. The lowest BCUT2D eigenvalue weighted by Gasteiger charge is -2.03. The first-order valence-electron chi connectivity index (χ1n) is 7.43. The molecule has 2 heteroatoms. The van der Waals surface area contributed by atoms with Crippen LogP contribution < -0.4 is 0 Å². The van der Waals surface area contributed by atoms with Crippen molar-refractivity contribution in [2.45, 2.75) is 71.1 Å². The van der Waals surface area contributed by atoms with Crippen molar-refractivity contribution in [3.63, 3.8) is 0 Å². The fourth-order valence-electron chi connectivity index (χ4n) is 1.91. The van der Waals surface area contributed by atoms with Gasteiger partial charge in [-0.1, -0.05) is 64.7 Å². The predicted octanol–water partition coefficient (Wildman–Crippen LogP) is 4.50. The second-order valence-corrected chi connectivity index (χ2v) is 5.17. The van der Waals surface area contributed by atoms with Gasteiger partial charge in [0.2, 0.25) is 0 Å². The van der Waals surface area contributed by atoms with Gasteiger partial charge in [0.15, 0.2) is 0 Å². The van der Waals surface area contributed by atoms with Gasteiger partial charge < -0.3 is 4.90 Å². The molecule has 0 saturated carbocycles. The number of nitrogens with zero attached hydrogens (tertiary/aromatic N) is 2. The third-order valence-electron chi connectivity index (χ3n) is 2.95. The van der Waals surface area contributed by atoms with Gasteiger partial charge in [0, 0.05) is 20.6 Å². The van der Waals surface area contributed by atoms with Gasteiger partial charge in [-0.2, -0.15) is 0 Å². The molecule has 0 aromatic rings. The SMILES string of the molecule is CCCCCCCCCCCC/N=C\N(C)C. The van der Waals surface area contributed by atoms with E-state index in [4.69, 9.17) is 0 Å². The first-order chi connectivity index (χ1) is 8.27. The molecule has 0 bridgehead atoms. The number of unbranched alkanes of at least 4 members (excludes halogenated alkanes) is 9. The summed E-state index contributed by atoms with van der Waals surface area (Å²) in [6.07, 6.45) is 15.9. The van der Waals surface area contributed by atoms with Crippen LogP contribution in [0, 0.1) is 0 Å². The third-order valence-corrected chi connectivity index (χ3v) is 2.95.